The Labute approximate surface area is 96.5 Å². The summed E-state index contributed by atoms with van der Waals surface area (Å²) in [7, 11) is 1.67. The van der Waals surface area contributed by atoms with Crippen molar-refractivity contribution in [3.63, 3.8) is 0 Å². The van der Waals surface area contributed by atoms with Gasteiger partial charge in [-0.3, -0.25) is 0 Å². The van der Waals surface area contributed by atoms with Crippen molar-refractivity contribution < 1.29 is 9.47 Å². The van der Waals surface area contributed by atoms with Gasteiger partial charge in [0.25, 0.3) is 0 Å². The summed E-state index contributed by atoms with van der Waals surface area (Å²) in [6, 6.07) is 8.01. The van der Waals surface area contributed by atoms with E-state index in [4.69, 9.17) is 15.2 Å². The van der Waals surface area contributed by atoms with Crippen LogP contribution in [0.15, 0.2) is 24.3 Å². The molecule has 0 bridgehead atoms. The van der Waals surface area contributed by atoms with Crippen LogP contribution in [0, 0.1) is 5.92 Å². The smallest absolute Gasteiger partial charge is 0.119 e. The van der Waals surface area contributed by atoms with E-state index >= 15 is 0 Å². The number of rotatable bonds is 3. The van der Waals surface area contributed by atoms with Crippen LogP contribution in [-0.2, 0) is 4.74 Å². The van der Waals surface area contributed by atoms with E-state index in [2.05, 4.69) is 13.0 Å². The molecular weight excluding hydrogens is 202 g/mol. The molecule has 0 saturated carbocycles. The Morgan fingerprint density at radius 2 is 2.31 bits per heavy atom. The van der Waals surface area contributed by atoms with Crippen molar-refractivity contribution in [3.05, 3.63) is 29.8 Å². The monoisotopic (exact) mass is 221 g/mol. The number of ether oxygens (including phenoxy) is 2. The minimum Gasteiger partial charge on any atom is -0.497 e. The molecule has 1 aliphatic heterocycles. The van der Waals surface area contributed by atoms with Crippen molar-refractivity contribution in [3.8, 4) is 5.75 Å². The maximum absolute atomic E-state index is 6.28. The first-order valence-corrected chi connectivity index (χ1v) is 5.73. The molecule has 3 nitrogen and oxygen atoms in total. The van der Waals surface area contributed by atoms with E-state index in [1.165, 1.54) is 0 Å². The van der Waals surface area contributed by atoms with Crippen LogP contribution in [0.1, 0.15) is 24.9 Å². The summed E-state index contributed by atoms with van der Waals surface area (Å²) in [5.41, 5.74) is 7.41. The molecule has 0 aliphatic carbocycles. The maximum Gasteiger partial charge on any atom is 0.119 e. The third kappa shape index (κ3) is 2.20. The van der Waals surface area contributed by atoms with E-state index in [0.717, 1.165) is 24.3 Å². The molecule has 0 radical (unpaired) electrons. The SMILES string of the molecule is COc1cccc(C(N)C2CCOC2C)c1. The van der Waals surface area contributed by atoms with Crippen LogP contribution in [0.4, 0.5) is 0 Å². The lowest BCUT2D eigenvalue weighted by molar-refractivity contribution is 0.0995. The van der Waals surface area contributed by atoms with Gasteiger partial charge < -0.3 is 15.2 Å². The molecule has 2 N–H and O–H groups in total. The second kappa shape index (κ2) is 4.85. The standard InChI is InChI=1S/C13H19NO2/c1-9-12(6-7-16-9)13(14)10-4-3-5-11(8-10)15-2/h3-5,8-9,12-13H,6-7,14H2,1-2H3. The number of nitrogens with two attached hydrogens (primary N) is 1. The van der Waals surface area contributed by atoms with Crippen LogP contribution in [0.3, 0.4) is 0 Å². The number of hydrogen-bond donors (Lipinski definition) is 1. The first-order chi connectivity index (χ1) is 7.72. The molecule has 3 heteroatoms. The van der Waals surface area contributed by atoms with Gasteiger partial charge in [-0.15, -0.1) is 0 Å². The maximum atomic E-state index is 6.28. The fourth-order valence-corrected chi connectivity index (χ4v) is 2.32. The summed E-state index contributed by atoms with van der Waals surface area (Å²) in [5, 5.41) is 0. The summed E-state index contributed by atoms with van der Waals surface area (Å²) in [6.07, 6.45) is 1.29. The lowest BCUT2D eigenvalue weighted by Gasteiger charge is -2.22. The van der Waals surface area contributed by atoms with Crippen molar-refractivity contribution in [1.82, 2.24) is 0 Å². The Hall–Kier alpha value is -1.06. The molecule has 2 rings (SSSR count). The Kier molecular flexibility index (Phi) is 3.46. The largest absolute Gasteiger partial charge is 0.497 e. The highest BCUT2D eigenvalue weighted by atomic mass is 16.5. The highest BCUT2D eigenvalue weighted by Gasteiger charge is 2.30. The number of benzene rings is 1. The predicted molar refractivity (Wildman–Crippen MR) is 63.4 cm³/mol. The summed E-state index contributed by atoms with van der Waals surface area (Å²) < 4.78 is 10.8. The Morgan fingerprint density at radius 3 is 2.94 bits per heavy atom. The zero-order chi connectivity index (χ0) is 11.5. The van der Waals surface area contributed by atoms with E-state index in [0.29, 0.717) is 5.92 Å². The minimum absolute atomic E-state index is 0.0348. The third-order valence-corrected chi connectivity index (χ3v) is 3.37. The lowest BCUT2D eigenvalue weighted by Crippen LogP contribution is -2.26. The second-order valence-electron chi connectivity index (χ2n) is 4.33. The minimum atomic E-state index is 0.0348. The van der Waals surface area contributed by atoms with Gasteiger partial charge in [0.1, 0.15) is 5.75 Å². The molecular formula is C13H19NO2. The molecule has 3 atom stereocenters. The van der Waals surface area contributed by atoms with Gasteiger partial charge in [0.15, 0.2) is 0 Å². The zero-order valence-electron chi connectivity index (χ0n) is 9.85. The van der Waals surface area contributed by atoms with E-state index in [9.17, 15) is 0 Å². The first-order valence-electron chi connectivity index (χ1n) is 5.73. The molecule has 0 aromatic heterocycles. The Balaban J connectivity index is 2.16. The molecule has 1 aliphatic rings. The quantitative estimate of drug-likeness (QED) is 0.850. The van der Waals surface area contributed by atoms with Crippen LogP contribution in [-0.4, -0.2) is 19.8 Å². The van der Waals surface area contributed by atoms with E-state index in [-0.39, 0.29) is 12.1 Å². The molecule has 1 fully saturated rings. The number of methoxy groups -OCH3 is 1. The van der Waals surface area contributed by atoms with Gasteiger partial charge in [0.2, 0.25) is 0 Å². The molecule has 3 unspecified atom stereocenters. The highest BCUT2D eigenvalue weighted by Crippen LogP contribution is 2.32. The van der Waals surface area contributed by atoms with Gasteiger partial charge in [-0.05, 0) is 31.0 Å². The van der Waals surface area contributed by atoms with Gasteiger partial charge in [0.05, 0.1) is 13.2 Å². The van der Waals surface area contributed by atoms with Crippen molar-refractivity contribution in [1.29, 1.82) is 0 Å². The average molecular weight is 221 g/mol. The molecule has 0 amide bonds. The molecule has 16 heavy (non-hydrogen) atoms. The van der Waals surface area contributed by atoms with Crippen LogP contribution < -0.4 is 10.5 Å². The summed E-state index contributed by atoms with van der Waals surface area (Å²) >= 11 is 0. The fraction of sp³-hybridized carbons (Fsp3) is 0.538. The normalized spacial score (nSPS) is 26.7. The van der Waals surface area contributed by atoms with Gasteiger partial charge in [0, 0.05) is 18.6 Å². The van der Waals surface area contributed by atoms with Gasteiger partial charge >= 0.3 is 0 Å². The molecule has 0 spiro atoms. The summed E-state index contributed by atoms with van der Waals surface area (Å²) in [5.74, 6) is 1.27. The predicted octanol–water partition coefficient (Wildman–Crippen LogP) is 2.12. The molecule has 1 heterocycles. The molecule has 88 valence electrons. The zero-order valence-corrected chi connectivity index (χ0v) is 9.85. The van der Waals surface area contributed by atoms with Crippen molar-refractivity contribution >= 4 is 0 Å². The Bertz CT molecular complexity index is 354. The summed E-state index contributed by atoms with van der Waals surface area (Å²) in [4.78, 5) is 0. The fourth-order valence-electron chi connectivity index (χ4n) is 2.32. The second-order valence-corrected chi connectivity index (χ2v) is 4.33. The molecule has 1 saturated heterocycles. The van der Waals surface area contributed by atoms with Crippen molar-refractivity contribution in [2.24, 2.45) is 11.7 Å². The van der Waals surface area contributed by atoms with Gasteiger partial charge in [-0.25, -0.2) is 0 Å². The van der Waals surface area contributed by atoms with E-state index < -0.39 is 0 Å². The average Bonchev–Trinajstić information content (AvgIpc) is 2.74. The summed E-state index contributed by atoms with van der Waals surface area (Å²) in [6.45, 7) is 2.92. The van der Waals surface area contributed by atoms with E-state index in [1.54, 1.807) is 7.11 Å². The van der Waals surface area contributed by atoms with Crippen LogP contribution in [0.5, 0.6) is 5.75 Å². The van der Waals surface area contributed by atoms with Crippen LogP contribution >= 0.6 is 0 Å². The topological polar surface area (TPSA) is 44.5 Å². The van der Waals surface area contributed by atoms with Gasteiger partial charge in [-0.2, -0.15) is 0 Å². The van der Waals surface area contributed by atoms with Gasteiger partial charge in [-0.1, -0.05) is 12.1 Å². The van der Waals surface area contributed by atoms with E-state index in [1.807, 2.05) is 18.2 Å². The highest BCUT2D eigenvalue weighted by molar-refractivity contribution is 5.30. The van der Waals surface area contributed by atoms with Crippen molar-refractivity contribution in [2.75, 3.05) is 13.7 Å². The molecule has 1 aromatic carbocycles. The lowest BCUT2D eigenvalue weighted by atomic mass is 9.89. The molecule has 1 aromatic rings. The van der Waals surface area contributed by atoms with Crippen LogP contribution in [0.25, 0.3) is 0 Å². The van der Waals surface area contributed by atoms with Crippen molar-refractivity contribution in [2.45, 2.75) is 25.5 Å². The number of hydrogen-bond acceptors (Lipinski definition) is 3. The third-order valence-electron chi connectivity index (χ3n) is 3.37. The Morgan fingerprint density at radius 1 is 1.50 bits per heavy atom. The first kappa shape index (κ1) is 11.4. The van der Waals surface area contributed by atoms with Crippen LogP contribution in [0.2, 0.25) is 0 Å².